The van der Waals surface area contributed by atoms with Crippen molar-refractivity contribution in [3.05, 3.63) is 64.8 Å². The Morgan fingerprint density at radius 1 is 1.15 bits per heavy atom. The van der Waals surface area contributed by atoms with Gasteiger partial charge < -0.3 is 14.0 Å². The summed E-state index contributed by atoms with van der Waals surface area (Å²) in [6, 6.07) is 15.3. The first-order valence-electron chi connectivity index (χ1n) is 7.84. The molecular formula is C19H17ClN2O3S. The first-order chi connectivity index (χ1) is 12.5. The van der Waals surface area contributed by atoms with Gasteiger partial charge in [0.1, 0.15) is 10.9 Å². The molecule has 1 aromatic heterocycles. The predicted octanol–water partition coefficient (Wildman–Crippen LogP) is 4.01. The number of hydrogen-bond donors (Lipinski definition) is 1. The third-order valence-electron chi connectivity index (χ3n) is 4.04. The van der Waals surface area contributed by atoms with Crippen molar-refractivity contribution in [2.24, 2.45) is 0 Å². The van der Waals surface area contributed by atoms with Crippen LogP contribution in [0.4, 0.5) is 0 Å². The van der Waals surface area contributed by atoms with E-state index in [1.165, 1.54) is 7.11 Å². The van der Waals surface area contributed by atoms with Crippen LogP contribution in [0.2, 0.25) is 5.15 Å². The molecule has 0 saturated heterocycles. The van der Waals surface area contributed by atoms with Gasteiger partial charge in [-0.15, -0.1) is 0 Å². The van der Waals surface area contributed by atoms with E-state index in [9.17, 15) is 4.79 Å². The summed E-state index contributed by atoms with van der Waals surface area (Å²) in [6.45, 7) is 0.519. The second-order valence-electron chi connectivity index (χ2n) is 5.56. The summed E-state index contributed by atoms with van der Waals surface area (Å²) in [6.07, 6.45) is 0. The number of thiocarbonyl (C=S) groups is 1. The number of carbonyl (C=O) groups is 1. The first-order valence-corrected chi connectivity index (χ1v) is 8.62. The van der Waals surface area contributed by atoms with E-state index in [0.29, 0.717) is 17.3 Å². The standard InChI is InChI=1S/C19H17ClN2O3S/c1-24-13-9-7-12(8-10-13)11-22-15-6-4-3-5-14(15)16(17(22)20)18(23)21-19(26)25-2/h3-10H,11H2,1-2H3,(H,21,23,26). The smallest absolute Gasteiger partial charge is 0.263 e. The van der Waals surface area contributed by atoms with E-state index < -0.39 is 5.91 Å². The van der Waals surface area contributed by atoms with Gasteiger partial charge in [-0.25, -0.2) is 0 Å². The van der Waals surface area contributed by atoms with Crippen LogP contribution in [0.1, 0.15) is 15.9 Å². The normalized spacial score (nSPS) is 10.6. The van der Waals surface area contributed by atoms with E-state index in [0.717, 1.165) is 22.2 Å². The molecule has 0 aliphatic carbocycles. The Balaban J connectivity index is 2.04. The van der Waals surface area contributed by atoms with Crippen molar-refractivity contribution < 1.29 is 14.3 Å². The van der Waals surface area contributed by atoms with Crippen LogP contribution in [0.3, 0.4) is 0 Å². The third-order valence-corrected chi connectivity index (χ3v) is 4.70. The Labute approximate surface area is 161 Å². The minimum Gasteiger partial charge on any atom is -0.497 e. The number of nitrogens with zero attached hydrogens (tertiary/aromatic N) is 1. The van der Waals surface area contributed by atoms with E-state index in [1.807, 2.05) is 53.1 Å². The average Bonchev–Trinajstić information content (AvgIpc) is 2.94. The molecule has 3 rings (SSSR count). The molecule has 0 spiro atoms. The van der Waals surface area contributed by atoms with Crippen LogP contribution in [-0.4, -0.2) is 29.9 Å². The zero-order valence-electron chi connectivity index (χ0n) is 14.3. The molecule has 134 valence electrons. The summed E-state index contributed by atoms with van der Waals surface area (Å²) in [7, 11) is 3.03. The van der Waals surface area contributed by atoms with Gasteiger partial charge in [-0.05, 0) is 36.0 Å². The average molecular weight is 389 g/mol. The Morgan fingerprint density at radius 2 is 1.85 bits per heavy atom. The SMILES string of the molecule is COC(=S)NC(=O)c1c(Cl)n(Cc2ccc(OC)cc2)c2ccccc12. The Hall–Kier alpha value is -2.57. The Morgan fingerprint density at radius 3 is 2.50 bits per heavy atom. The minimum atomic E-state index is -0.397. The van der Waals surface area contributed by atoms with Crippen molar-refractivity contribution in [3.63, 3.8) is 0 Å². The molecule has 0 bridgehead atoms. The van der Waals surface area contributed by atoms with Crippen LogP contribution in [0.15, 0.2) is 48.5 Å². The Kier molecular flexibility index (Phi) is 5.44. The fraction of sp³-hybridized carbons (Fsp3) is 0.158. The van der Waals surface area contributed by atoms with Crippen molar-refractivity contribution in [3.8, 4) is 5.75 Å². The van der Waals surface area contributed by atoms with Gasteiger partial charge in [0.25, 0.3) is 11.1 Å². The lowest BCUT2D eigenvalue weighted by atomic mass is 10.1. The highest BCUT2D eigenvalue weighted by molar-refractivity contribution is 7.80. The van der Waals surface area contributed by atoms with Gasteiger partial charge in [-0.1, -0.05) is 41.9 Å². The molecule has 0 unspecified atom stereocenters. The largest absolute Gasteiger partial charge is 0.497 e. The number of hydrogen-bond acceptors (Lipinski definition) is 4. The topological polar surface area (TPSA) is 52.5 Å². The molecule has 5 nitrogen and oxygen atoms in total. The zero-order valence-corrected chi connectivity index (χ0v) is 15.9. The van der Waals surface area contributed by atoms with E-state index in [1.54, 1.807) is 7.11 Å². The molecule has 0 fully saturated rings. The molecule has 26 heavy (non-hydrogen) atoms. The van der Waals surface area contributed by atoms with Crippen LogP contribution in [0, 0.1) is 0 Å². The first kappa shape index (κ1) is 18.2. The molecule has 1 N–H and O–H groups in total. The second-order valence-corrected chi connectivity index (χ2v) is 6.29. The third kappa shape index (κ3) is 3.52. The van der Waals surface area contributed by atoms with E-state index in [4.69, 9.17) is 33.3 Å². The number of carbonyl (C=O) groups excluding carboxylic acids is 1. The summed E-state index contributed by atoms with van der Waals surface area (Å²) in [5.74, 6) is 0.386. The summed E-state index contributed by atoms with van der Waals surface area (Å²) < 4.78 is 11.9. The number of methoxy groups -OCH3 is 2. The summed E-state index contributed by atoms with van der Waals surface area (Å²) in [5, 5.41) is 3.62. The van der Waals surface area contributed by atoms with Crippen molar-refractivity contribution in [2.45, 2.75) is 6.54 Å². The predicted molar refractivity (Wildman–Crippen MR) is 106 cm³/mol. The second kappa shape index (κ2) is 7.76. The van der Waals surface area contributed by atoms with Crippen molar-refractivity contribution in [2.75, 3.05) is 14.2 Å². The molecule has 0 aliphatic heterocycles. The molecule has 0 radical (unpaired) electrons. The van der Waals surface area contributed by atoms with Crippen LogP contribution in [0.5, 0.6) is 5.75 Å². The molecule has 2 aromatic carbocycles. The summed E-state index contributed by atoms with van der Waals surface area (Å²) >= 11 is 11.5. The van der Waals surface area contributed by atoms with Gasteiger partial charge in [0.2, 0.25) is 0 Å². The minimum absolute atomic E-state index is 0.00180. The van der Waals surface area contributed by atoms with Crippen LogP contribution < -0.4 is 10.1 Å². The van der Waals surface area contributed by atoms with Gasteiger partial charge in [-0.3, -0.25) is 10.1 Å². The number of halogens is 1. The van der Waals surface area contributed by atoms with Crippen molar-refractivity contribution in [1.29, 1.82) is 0 Å². The molecule has 7 heteroatoms. The zero-order chi connectivity index (χ0) is 18.7. The highest BCUT2D eigenvalue weighted by Gasteiger charge is 2.22. The number of nitrogens with one attached hydrogen (secondary N) is 1. The van der Waals surface area contributed by atoms with Gasteiger partial charge in [-0.2, -0.15) is 0 Å². The fourth-order valence-corrected chi connectivity index (χ4v) is 3.19. The molecule has 0 aliphatic rings. The van der Waals surface area contributed by atoms with Gasteiger partial charge in [0.05, 0.1) is 25.3 Å². The van der Waals surface area contributed by atoms with Crippen LogP contribution in [0.25, 0.3) is 10.9 Å². The van der Waals surface area contributed by atoms with Crippen molar-refractivity contribution in [1.82, 2.24) is 9.88 Å². The lowest BCUT2D eigenvalue weighted by Gasteiger charge is -2.09. The van der Waals surface area contributed by atoms with E-state index in [2.05, 4.69) is 5.32 Å². The maximum Gasteiger partial charge on any atom is 0.263 e. The molecule has 1 heterocycles. The summed E-state index contributed by atoms with van der Waals surface area (Å²) in [4.78, 5) is 12.6. The molecule has 3 aromatic rings. The number of amides is 1. The lowest BCUT2D eigenvalue weighted by molar-refractivity contribution is 0.0972. The maximum atomic E-state index is 12.6. The van der Waals surface area contributed by atoms with E-state index >= 15 is 0 Å². The summed E-state index contributed by atoms with van der Waals surface area (Å²) in [5.41, 5.74) is 2.27. The number of aromatic nitrogens is 1. The number of benzene rings is 2. The van der Waals surface area contributed by atoms with Gasteiger partial charge in [0.15, 0.2) is 0 Å². The highest BCUT2D eigenvalue weighted by Crippen LogP contribution is 2.31. The number of fused-ring (bicyclic) bond motifs is 1. The number of rotatable bonds is 4. The molecule has 0 atom stereocenters. The van der Waals surface area contributed by atoms with Crippen LogP contribution in [-0.2, 0) is 11.3 Å². The molecule has 0 saturated carbocycles. The fourth-order valence-electron chi connectivity index (χ4n) is 2.76. The number of ether oxygens (including phenoxy) is 2. The Bertz CT molecular complexity index is 967. The van der Waals surface area contributed by atoms with Gasteiger partial charge >= 0.3 is 0 Å². The number of para-hydroxylation sites is 1. The molecular weight excluding hydrogens is 372 g/mol. The van der Waals surface area contributed by atoms with Crippen molar-refractivity contribution >= 4 is 45.8 Å². The van der Waals surface area contributed by atoms with Crippen LogP contribution >= 0.6 is 23.8 Å². The molecule has 1 amide bonds. The monoisotopic (exact) mass is 388 g/mol. The lowest BCUT2D eigenvalue weighted by Crippen LogP contribution is -2.30. The quantitative estimate of drug-likeness (QED) is 0.686. The maximum absolute atomic E-state index is 12.6. The van der Waals surface area contributed by atoms with E-state index in [-0.39, 0.29) is 5.17 Å². The van der Waals surface area contributed by atoms with Gasteiger partial charge in [0, 0.05) is 11.9 Å². The highest BCUT2D eigenvalue weighted by atomic mass is 35.5.